The molecular weight excluding hydrogens is 226 g/mol. The van der Waals surface area contributed by atoms with Crippen molar-refractivity contribution in [3.63, 3.8) is 0 Å². The molecule has 0 saturated carbocycles. The molecule has 0 bridgehead atoms. The Hall–Kier alpha value is -0.170. The van der Waals surface area contributed by atoms with Crippen molar-refractivity contribution in [1.29, 1.82) is 0 Å². The van der Waals surface area contributed by atoms with Gasteiger partial charge in [0.15, 0.2) is 0 Å². The number of nitrogens with zero attached hydrogens (tertiary/aromatic N) is 2. The summed E-state index contributed by atoms with van der Waals surface area (Å²) in [6, 6.07) is 0.270. The van der Waals surface area contributed by atoms with E-state index in [2.05, 4.69) is 5.32 Å². The van der Waals surface area contributed by atoms with E-state index in [1.54, 1.807) is 8.61 Å². The van der Waals surface area contributed by atoms with E-state index in [1.807, 2.05) is 13.8 Å². The van der Waals surface area contributed by atoms with E-state index in [-0.39, 0.29) is 12.1 Å². The van der Waals surface area contributed by atoms with Gasteiger partial charge in [-0.15, -0.1) is 0 Å². The standard InChI is InChI=1S/C10H21N3O2S/c1-9(2)12-7-8-13(16(12,14)15)10-3-5-11-6-4-10/h9-11H,3-8H2,1-2H3. The topological polar surface area (TPSA) is 52.6 Å². The summed E-state index contributed by atoms with van der Waals surface area (Å²) in [6.45, 7) is 7.03. The maximum atomic E-state index is 12.3. The van der Waals surface area contributed by atoms with E-state index < -0.39 is 10.2 Å². The average molecular weight is 247 g/mol. The molecule has 5 nitrogen and oxygen atoms in total. The molecule has 0 amide bonds. The van der Waals surface area contributed by atoms with E-state index in [9.17, 15) is 8.42 Å². The summed E-state index contributed by atoms with van der Waals surface area (Å²) in [6.07, 6.45) is 1.87. The highest BCUT2D eigenvalue weighted by Crippen LogP contribution is 2.25. The molecule has 0 atom stereocenters. The van der Waals surface area contributed by atoms with Crippen molar-refractivity contribution >= 4 is 10.2 Å². The summed E-state index contributed by atoms with van der Waals surface area (Å²) in [5.41, 5.74) is 0. The van der Waals surface area contributed by atoms with E-state index in [1.165, 1.54) is 0 Å². The van der Waals surface area contributed by atoms with Gasteiger partial charge in [0.1, 0.15) is 0 Å². The fraction of sp³-hybridized carbons (Fsp3) is 1.00. The highest BCUT2D eigenvalue weighted by atomic mass is 32.2. The summed E-state index contributed by atoms with van der Waals surface area (Å²) >= 11 is 0. The minimum absolute atomic E-state index is 0.0664. The van der Waals surface area contributed by atoms with Crippen molar-refractivity contribution in [1.82, 2.24) is 13.9 Å². The maximum Gasteiger partial charge on any atom is 0.282 e. The minimum Gasteiger partial charge on any atom is -0.317 e. The lowest BCUT2D eigenvalue weighted by atomic mass is 10.1. The quantitative estimate of drug-likeness (QED) is 0.748. The van der Waals surface area contributed by atoms with E-state index >= 15 is 0 Å². The Balaban J connectivity index is 2.12. The summed E-state index contributed by atoms with van der Waals surface area (Å²) in [7, 11) is -3.19. The minimum atomic E-state index is -3.19. The Kier molecular flexibility index (Phi) is 3.53. The molecule has 0 radical (unpaired) electrons. The average Bonchev–Trinajstić information content (AvgIpc) is 2.55. The predicted octanol–water partition coefficient (Wildman–Crippen LogP) is 0.00920. The molecule has 94 valence electrons. The van der Waals surface area contributed by atoms with Gasteiger partial charge in [0, 0.05) is 25.2 Å². The van der Waals surface area contributed by atoms with Crippen molar-refractivity contribution < 1.29 is 8.42 Å². The Morgan fingerprint density at radius 2 is 1.81 bits per heavy atom. The van der Waals surface area contributed by atoms with Crippen LogP contribution in [-0.2, 0) is 10.2 Å². The molecule has 0 spiro atoms. The smallest absolute Gasteiger partial charge is 0.282 e. The highest BCUT2D eigenvalue weighted by Gasteiger charge is 2.41. The third-order valence-corrected chi connectivity index (χ3v) is 5.70. The maximum absolute atomic E-state index is 12.3. The zero-order chi connectivity index (χ0) is 11.8. The van der Waals surface area contributed by atoms with Crippen LogP contribution in [0.1, 0.15) is 26.7 Å². The van der Waals surface area contributed by atoms with Gasteiger partial charge in [-0.1, -0.05) is 0 Å². The van der Waals surface area contributed by atoms with Crippen molar-refractivity contribution in [2.75, 3.05) is 26.2 Å². The number of nitrogens with one attached hydrogen (secondary N) is 1. The van der Waals surface area contributed by atoms with Gasteiger partial charge in [-0.25, -0.2) is 0 Å². The van der Waals surface area contributed by atoms with E-state index in [0.717, 1.165) is 25.9 Å². The third kappa shape index (κ3) is 2.11. The number of hydrogen-bond acceptors (Lipinski definition) is 3. The lowest BCUT2D eigenvalue weighted by Crippen LogP contribution is -2.46. The number of rotatable bonds is 2. The van der Waals surface area contributed by atoms with Gasteiger partial charge in [0.2, 0.25) is 0 Å². The lowest BCUT2D eigenvalue weighted by Gasteiger charge is -2.31. The molecule has 2 saturated heterocycles. The summed E-state index contributed by atoms with van der Waals surface area (Å²) < 4.78 is 27.8. The van der Waals surface area contributed by atoms with E-state index in [0.29, 0.717) is 13.1 Å². The Labute approximate surface area is 98.0 Å². The van der Waals surface area contributed by atoms with Crippen LogP contribution in [0, 0.1) is 0 Å². The van der Waals surface area contributed by atoms with Crippen LogP contribution >= 0.6 is 0 Å². The fourth-order valence-corrected chi connectivity index (χ4v) is 4.57. The predicted molar refractivity (Wildman–Crippen MR) is 63.4 cm³/mol. The molecule has 2 aliphatic rings. The van der Waals surface area contributed by atoms with Crippen molar-refractivity contribution in [3.05, 3.63) is 0 Å². The zero-order valence-electron chi connectivity index (χ0n) is 10.0. The first-order valence-electron chi connectivity index (χ1n) is 6.03. The van der Waals surface area contributed by atoms with Crippen LogP contribution in [0.4, 0.5) is 0 Å². The first-order chi connectivity index (χ1) is 7.53. The molecule has 0 aromatic carbocycles. The number of piperidine rings is 1. The molecule has 6 heteroatoms. The van der Waals surface area contributed by atoms with Crippen LogP contribution in [0.5, 0.6) is 0 Å². The molecule has 16 heavy (non-hydrogen) atoms. The van der Waals surface area contributed by atoms with Gasteiger partial charge in [0.25, 0.3) is 10.2 Å². The van der Waals surface area contributed by atoms with Gasteiger partial charge in [-0.3, -0.25) is 0 Å². The van der Waals surface area contributed by atoms with Gasteiger partial charge < -0.3 is 5.32 Å². The zero-order valence-corrected chi connectivity index (χ0v) is 10.8. The summed E-state index contributed by atoms with van der Waals surface area (Å²) in [5, 5.41) is 3.26. The molecule has 2 rings (SSSR count). The summed E-state index contributed by atoms with van der Waals surface area (Å²) in [4.78, 5) is 0. The SMILES string of the molecule is CC(C)N1CCN(C2CCNCC2)S1(=O)=O. The second-order valence-corrected chi connectivity index (χ2v) is 6.64. The second-order valence-electron chi connectivity index (χ2n) is 4.80. The van der Waals surface area contributed by atoms with Gasteiger partial charge in [-0.2, -0.15) is 17.0 Å². The van der Waals surface area contributed by atoms with Crippen molar-refractivity contribution in [3.8, 4) is 0 Å². The molecule has 0 unspecified atom stereocenters. The normalized spacial score (nSPS) is 28.9. The summed E-state index contributed by atoms with van der Waals surface area (Å²) in [5.74, 6) is 0. The van der Waals surface area contributed by atoms with Crippen LogP contribution < -0.4 is 5.32 Å². The number of hydrogen-bond donors (Lipinski definition) is 1. The highest BCUT2D eigenvalue weighted by molar-refractivity contribution is 7.87. The molecule has 0 aliphatic carbocycles. The fourth-order valence-electron chi connectivity index (χ4n) is 2.55. The Morgan fingerprint density at radius 1 is 1.19 bits per heavy atom. The van der Waals surface area contributed by atoms with Crippen LogP contribution in [-0.4, -0.2) is 55.3 Å². The molecule has 2 fully saturated rings. The van der Waals surface area contributed by atoms with Crippen LogP contribution in [0.25, 0.3) is 0 Å². The van der Waals surface area contributed by atoms with E-state index in [4.69, 9.17) is 0 Å². The third-order valence-electron chi connectivity index (χ3n) is 3.43. The van der Waals surface area contributed by atoms with Crippen molar-refractivity contribution in [2.24, 2.45) is 0 Å². The second kappa shape index (κ2) is 4.60. The van der Waals surface area contributed by atoms with Gasteiger partial charge >= 0.3 is 0 Å². The van der Waals surface area contributed by atoms with Crippen LogP contribution in [0.3, 0.4) is 0 Å². The molecule has 2 heterocycles. The molecule has 0 aromatic rings. The van der Waals surface area contributed by atoms with Gasteiger partial charge in [0.05, 0.1) is 0 Å². The lowest BCUT2D eigenvalue weighted by molar-refractivity contribution is 0.280. The molecular formula is C10H21N3O2S. The first-order valence-corrected chi connectivity index (χ1v) is 7.42. The largest absolute Gasteiger partial charge is 0.317 e. The van der Waals surface area contributed by atoms with Crippen LogP contribution in [0.2, 0.25) is 0 Å². The molecule has 0 aromatic heterocycles. The van der Waals surface area contributed by atoms with Crippen molar-refractivity contribution in [2.45, 2.75) is 38.8 Å². The Bertz CT molecular complexity index is 336. The Morgan fingerprint density at radius 3 is 2.31 bits per heavy atom. The first kappa shape index (κ1) is 12.3. The van der Waals surface area contributed by atoms with Gasteiger partial charge in [-0.05, 0) is 39.8 Å². The molecule has 1 N–H and O–H groups in total. The molecule has 2 aliphatic heterocycles. The van der Waals surface area contributed by atoms with Crippen LogP contribution in [0.15, 0.2) is 0 Å². The monoisotopic (exact) mass is 247 g/mol.